The maximum absolute atomic E-state index is 14.1. The van der Waals surface area contributed by atoms with Crippen LogP contribution in [0, 0.1) is 0 Å². The van der Waals surface area contributed by atoms with Crippen molar-refractivity contribution in [2.75, 3.05) is 44.6 Å². The van der Waals surface area contributed by atoms with Gasteiger partial charge in [0.25, 0.3) is 0 Å². The van der Waals surface area contributed by atoms with Gasteiger partial charge in [-0.1, -0.05) is 79.2 Å². The van der Waals surface area contributed by atoms with Gasteiger partial charge in [0, 0.05) is 56.9 Å². The zero-order valence-electron chi connectivity index (χ0n) is 27.9. The number of nitrogens with zero attached hydrogens (tertiary/aromatic N) is 4. The molecule has 0 aliphatic carbocycles. The monoisotopic (exact) mass is 648 g/mol. The van der Waals surface area contributed by atoms with Gasteiger partial charge in [-0.2, -0.15) is 0 Å². The Morgan fingerprint density at radius 2 is 1.33 bits per heavy atom. The highest BCUT2D eigenvalue weighted by Crippen LogP contribution is 2.28. The van der Waals surface area contributed by atoms with Gasteiger partial charge in [0.2, 0.25) is 5.91 Å². The van der Waals surface area contributed by atoms with E-state index in [0.29, 0.717) is 44.9 Å². The van der Waals surface area contributed by atoms with Crippen LogP contribution in [0.3, 0.4) is 0 Å². The Balaban J connectivity index is 0.997. The summed E-state index contributed by atoms with van der Waals surface area (Å²) in [7, 11) is 0. The Morgan fingerprint density at radius 1 is 0.708 bits per heavy atom. The Hall–Kier alpha value is -4.37. The van der Waals surface area contributed by atoms with Crippen molar-refractivity contribution in [3.8, 4) is 11.1 Å². The van der Waals surface area contributed by atoms with Crippen LogP contribution in [0.1, 0.15) is 56.1 Å². The highest BCUT2D eigenvalue weighted by Gasteiger charge is 2.35. The third-order valence-electron chi connectivity index (χ3n) is 10.8. The highest BCUT2D eigenvalue weighted by molar-refractivity contribution is 5.92. The number of hydrogen-bond acceptors (Lipinski definition) is 4. The molecular weight excluding hydrogens is 600 g/mol. The minimum absolute atomic E-state index is 0.00567. The van der Waals surface area contributed by atoms with E-state index in [2.05, 4.69) is 51.9 Å². The van der Waals surface area contributed by atoms with Crippen molar-refractivity contribution in [2.45, 2.75) is 76.0 Å². The molecule has 0 aromatic heterocycles. The van der Waals surface area contributed by atoms with Crippen molar-refractivity contribution in [3.05, 3.63) is 90.0 Å². The lowest BCUT2D eigenvalue weighted by atomic mass is 9.97. The fraction of sp³-hybridized carbons (Fsp3) is 0.462. The quantitative estimate of drug-likeness (QED) is 0.331. The summed E-state index contributed by atoms with van der Waals surface area (Å²) < 4.78 is 0. The number of nitrogens with one attached hydrogen (secondary N) is 2. The fourth-order valence-electron chi connectivity index (χ4n) is 7.99. The topological polar surface area (TPSA) is 88.2 Å². The first-order valence-electron chi connectivity index (χ1n) is 17.9. The minimum Gasteiger partial charge on any atom is -0.341 e. The zero-order valence-corrected chi connectivity index (χ0v) is 27.9. The molecule has 5 amide bonds. The van der Waals surface area contributed by atoms with Crippen molar-refractivity contribution in [3.63, 3.8) is 0 Å². The summed E-state index contributed by atoms with van der Waals surface area (Å²) in [6.07, 6.45) is 7.68. The van der Waals surface area contributed by atoms with E-state index >= 15 is 0 Å². The number of fused-ring (bicyclic) bond motifs is 1. The lowest BCUT2D eigenvalue weighted by Gasteiger charge is -2.42. The van der Waals surface area contributed by atoms with Crippen LogP contribution < -0.4 is 10.6 Å². The summed E-state index contributed by atoms with van der Waals surface area (Å²) in [5, 5.41) is 6.18. The Kier molecular flexibility index (Phi) is 9.93. The first-order valence-corrected chi connectivity index (χ1v) is 17.9. The molecule has 4 aliphatic rings. The molecule has 0 radical (unpaired) electrons. The molecule has 9 nitrogen and oxygen atoms in total. The van der Waals surface area contributed by atoms with Gasteiger partial charge in [0.1, 0.15) is 6.04 Å². The van der Waals surface area contributed by atoms with Crippen molar-refractivity contribution in [1.29, 1.82) is 0 Å². The number of piperidine rings is 3. The largest absolute Gasteiger partial charge is 0.341 e. The van der Waals surface area contributed by atoms with E-state index < -0.39 is 6.04 Å². The van der Waals surface area contributed by atoms with Crippen molar-refractivity contribution in [2.24, 2.45) is 0 Å². The smallest absolute Gasteiger partial charge is 0.322 e. The molecule has 3 fully saturated rings. The second-order valence-electron chi connectivity index (χ2n) is 13.9. The molecule has 48 heavy (non-hydrogen) atoms. The van der Waals surface area contributed by atoms with Crippen LogP contribution >= 0.6 is 0 Å². The third kappa shape index (κ3) is 7.36. The maximum Gasteiger partial charge on any atom is 0.322 e. The molecule has 0 saturated carbocycles. The minimum atomic E-state index is -0.645. The molecule has 0 bridgehead atoms. The molecule has 4 heterocycles. The molecule has 9 heteroatoms. The molecule has 7 rings (SSSR count). The van der Waals surface area contributed by atoms with Crippen LogP contribution in [0.4, 0.5) is 15.3 Å². The van der Waals surface area contributed by atoms with E-state index in [1.165, 1.54) is 32.4 Å². The first-order chi connectivity index (χ1) is 23.5. The standard InChI is InChI=1S/C39H48N6O3/c46-37(43-23-17-33(18-24-43)42-21-7-2-8-22-42)36(27-29-13-15-31(16-14-29)30-9-3-1-4-10-30)41-38(47)44-25-19-34(20-26-44)45-28-32-11-5-6-12-35(32)40-39(45)48/h1,3-6,9-16,33-34,36H,2,7-8,17-28H2,(H,40,48)(H,41,47). The number of para-hydroxylation sites is 1. The molecule has 252 valence electrons. The average molecular weight is 649 g/mol. The lowest BCUT2D eigenvalue weighted by Crippen LogP contribution is -2.57. The Morgan fingerprint density at radius 3 is 2.06 bits per heavy atom. The predicted molar refractivity (Wildman–Crippen MR) is 189 cm³/mol. The van der Waals surface area contributed by atoms with E-state index in [0.717, 1.165) is 53.9 Å². The summed E-state index contributed by atoms with van der Waals surface area (Å²) in [6, 6.07) is 26.2. The van der Waals surface area contributed by atoms with Gasteiger partial charge in [-0.3, -0.25) is 4.79 Å². The van der Waals surface area contributed by atoms with Crippen molar-refractivity contribution in [1.82, 2.24) is 24.9 Å². The van der Waals surface area contributed by atoms with Gasteiger partial charge >= 0.3 is 12.1 Å². The summed E-state index contributed by atoms with van der Waals surface area (Å²) in [6.45, 7) is 5.45. The van der Waals surface area contributed by atoms with Gasteiger partial charge in [-0.05, 0) is 79.9 Å². The van der Waals surface area contributed by atoms with Gasteiger partial charge < -0.3 is 30.2 Å². The van der Waals surface area contributed by atoms with Gasteiger partial charge in [-0.15, -0.1) is 0 Å². The van der Waals surface area contributed by atoms with Crippen LogP contribution in [-0.4, -0.2) is 95.0 Å². The average Bonchev–Trinajstić information content (AvgIpc) is 3.15. The molecule has 3 aromatic carbocycles. The second-order valence-corrected chi connectivity index (χ2v) is 13.9. The normalized spacial score (nSPS) is 20.2. The van der Waals surface area contributed by atoms with Crippen LogP contribution in [0.25, 0.3) is 11.1 Å². The molecular formula is C39H48N6O3. The van der Waals surface area contributed by atoms with Crippen molar-refractivity contribution < 1.29 is 14.4 Å². The highest BCUT2D eigenvalue weighted by atomic mass is 16.2. The number of hydrogen-bond donors (Lipinski definition) is 2. The maximum atomic E-state index is 14.1. The van der Waals surface area contributed by atoms with Gasteiger partial charge in [0.15, 0.2) is 0 Å². The van der Waals surface area contributed by atoms with E-state index in [1.54, 1.807) is 0 Å². The summed E-state index contributed by atoms with van der Waals surface area (Å²) in [5.41, 5.74) is 5.27. The van der Waals surface area contributed by atoms with Gasteiger partial charge in [-0.25, -0.2) is 9.59 Å². The SMILES string of the molecule is O=C(NC(Cc1ccc(-c2ccccc2)cc1)C(=O)N1CCC(N2CCCCC2)CC1)N1CCC(N2Cc3ccccc3NC2=O)CC1. The molecule has 0 spiro atoms. The number of carbonyl (C=O) groups excluding carboxylic acids is 3. The molecule has 4 aliphatic heterocycles. The first kappa shape index (κ1) is 32.2. The molecule has 1 atom stereocenters. The van der Waals surface area contributed by atoms with E-state index in [4.69, 9.17) is 0 Å². The molecule has 2 N–H and O–H groups in total. The van der Waals surface area contributed by atoms with Crippen LogP contribution in [-0.2, 0) is 17.8 Å². The van der Waals surface area contributed by atoms with Crippen molar-refractivity contribution >= 4 is 23.7 Å². The molecule has 3 aromatic rings. The summed E-state index contributed by atoms with van der Waals surface area (Å²) >= 11 is 0. The number of benzene rings is 3. The van der Waals surface area contributed by atoms with Crippen LogP contribution in [0.2, 0.25) is 0 Å². The lowest BCUT2D eigenvalue weighted by molar-refractivity contribution is -0.134. The molecule has 1 unspecified atom stereocenters. The zero-order chi connectivity index (χ0) is 32.9. The number of urea groups is 2. The number of rotatable bonds is 7. The summed E-state index contributed by atoms with van der Waals surface area (Å²) in [4.78, 5) is 49.1. The number of anilines is 1. The Bertz CT molecular complexity index is 1560. The number of amides is 5. The number of likely N-dealkylation sites (tertiary alicyclic amines) is 3. The molecule has 3 saturated heterocycles. The second kappa shape index (κ2) is 14.8. The third-order valence-corrected chi connectivity index (χ3v) is 10.8. The van der Waals surface area contributed by atoms with E-state index in [1.807, 2.05) is 57.2 Å². The Labute approximate surface area is 284 Å². The number of carbonyl (C=O) groups is 3. The summed E-state index contributed by atoms with van der Waals surface area (Å²) in [5.74, 6) is 0.00567. The van der Waals surface area contributed by atoms with Gasteiger partial charge in [0.05, 0.1) is 0 Å². The van der Waals surface area contributed by atoms with E-state index in [9.17, 15) is 14.4 Å². The van der Waals surface area contributed by atoms with E-state index in [-0.39, 0.29) is 24.0 Å². The van der Waals surface area contributed by atoms with Crippen LogP contribution in [0.15, 0.2) is 78.9 Å². The predicted octanol–water partition coefficient (Wildman–Crippen LogP) is 5.96. The fourth-order valence-corrected chi connectivity index (χ4v) is 7.99. The van der Waals surface area contributed by atoms with Crippen LogP contribution in [0.5, 0.6) is 0 Å².